The quantitative estimate of drug-likeness (QED) is 0.779. The number of alkyl halides is 1. The molecule has 1 N–H and O–H groups in total. The number of carbonyl (C=O) groups is 2. The van der Waals surface area contributed by atoms with Crippen molar-refractivity contribution >= 4 is 12.0 Å². The molecule has 3 aliphatic rings. The van der Waals surface area contributed by atoms with E-state index in [1.165, 1.54) is 17.7 Å². The van der Waals surface area contributed by atoms with E-state index in [0.29, 0.717) is 32.2 Å². The van der Waals surface area contributed by atoms with Crippen LogP contribution in [0.3, 0.4) is 0 Å². The molecule has 2 aliphatic heterocycles. The molecule has 0 aromatic carbocycles. The molecular formula is C21H30FN3O3. The lowest BCUT2D eigenvalue weighted by Gasteiger charge is -2.37. The van der Waals surface area contributed by atoms with Gasteiger partial charge in [0.2, 0.25) is 0 Å². The topological polar surface area (TPSA) is 61.9 Å². The van der Waals surface area contributed by atoms with Gasteiger partial charge in [-0.05, 0) is 43.9 Å². The number of rotatable bonds is 5. The molecule has 28 heavy (non-hydrogen) atoms. The van der Waals surface area contributed by atoms with Crippen molar-refractivity contribution in [3.05, 3.63) is 36.3 Å². The molecule has 0 unspecified atom stereocenters. The molecular weight excluding hydrogens is 361 g/mol. The van der Waals surface area contributed by atoms with E-state index in [2.05, 4.69) is 5.32 Å². The Morgan fingerprint density at radius 2 is 1.96 bits per heavy atom. The number of piperidine rings is 1. The lowest BCUT2D eigenvalue weighted by Crippen LogP contribution is -2.51. The van der Waals surface area contributed by atoms with Crippen LogP contribution in [0.5, 0.6) is 0 Å². The Morgan fingerprint density at radius 1 is 1.25 bits per heavy atom. The third-order valence-electron chi connectivity index (χ3n) is 5.75. The lowest BCUT2D eigenvalue weighted by atomic mass is 9.91. The molecule has 2 heterocycles. The van der Waals surface area contributed by atoms with Gasteiger partial charge in [0.1, 0.15) is 0 Å². The number of amides is 2. The predicted molar refractivity (Wildman–Crippen MR) is 105 cm³/mol. The summed E-state index contributed by atoms with van der Waals surface area (Å²) in [6.07, 6.45) is 13.3. The van der Waals surface area contributed by atoms with Crippen molar-refractivity contribution in [1.82, 2.24) is 15.1 Å². The average molecular weight is 391 g/mol. The standard InChI is InChI=1S/C21H30FN3O3/c1-2-28-20(27)25-12-5-8-18(9-13-25)24-14-10-21(22,11-15-24)19(26)23-16-17-6-3-4-7-17/h5,8-9,12-13,17H,2-4,6-7,10-11,14-16H2,1H3,(H,23,26). The highest BCUT2D eigenvalue weighted by molar-refractivity contribution is 5.85. The minimum Gasteiger partial charge on any atom is -0.449 e. The van der Waals surface area contributed by atoms with Crippen molar-refractivity contribution in [3.8, 4) is 0 Å². The van der Waals surface area contributed by atoms with Gasteiger partial charge < -0.3 is 15.0 Å². The van der Waals surface area contributed by atoms with Crippen LogP contribution < -0.4 is 5.32 Å². The zero-order chi connectivity index (χ0) is 20.0. The number of hydrogen-bond donors (Lipinski definition) is 1. The van der Waals surface area contributed by atoms with Gasteiger partial charge in [-0.25, -0.2) is 9.18 Å². The van der Waals surface area contributed by atoms with Crippen LogP contribution in [0.2, 0.25) is 0 Å². The maximum atomic E-state index is 15.2. The Kier molecular flexibility index (Phi) is 6.75. The Labute approximate surface area is 166 Å². The van der Waals surface area contributed by atoms with Gasteiger partial charge in [0.15, 0.2) is 5.67 Å². The molecule has 7 heteroatoms. The maximum absolute atomic E-state index is 15.2. The third kappa shape index (κ3) is 4.94. The first kappa shape index (κ1) is 20.4. The van der Waals surface area contributed by atoms with Gasteiger partial charge in [0.25, 0.3) is 5.91 Å². The fourth-order valence-electron chi connectivity index (χ4n) is 3.98. The van der Waals surface area contributed by atoms with Crippen LogP contribution in [0.25, 0.3) is 0 Å². The average Bonchev–Trinajstić information content (AvgIpc) is 3.09. The summed E-state index contributed by atoms with van der Waals surface area (Å²) in [5.41, 5.74) is -0.909. The molecule has 154 valence electrons. The lowest BCUT2D eigenvalue weighted by molar-refractivity contribution is -0.135. The third-order valence-corrected chi connectivity index (χ3v) is 5.75. The smallest absolute Gasteiger partial charge is 0.417 e. The molecule has 6 nitrogen and oxygen atoms in total. The summed E-state index contributed by atoms with van der Waals surface area (Å²) >= 11 is 0. The molecule has 2 amide bonds. The highest BCUT2D eigenvalue weighted by atomic mass is 19.1. The van der Waals surface area contributed by atoms with Crippen LogP contribution in [0.15, 0.2) is 36.3 Å². The molecule has 0 aromatic rings. The number of carbonyl (C=O) groups excluding carboxylic acids is 2. The Hall–Kier alpha value is -2.31. The van der Waals surface area contributed by atoms with Gasteiger partial charge in [-0.1, -0.05) is 12.8 Å². The molecule has 0 spiro atoms. The second-order valence-electron chi connectivity index (χ2n) is 7.67. The summed E-state index contributed by atoms with van der Waals surface area (Å²) in [6, 6.07) is 0. The fourth-order valence-corrected chi connectivity index (χ4v) is 3.98. The number of halogens is 1. The number of hydrogen-bond acceptors (Lipinski definition) is 4. The van der Waals surface area contributed by atoms with Crippen LogP contribution in [0, 0.1) is 5.92 Å². The Bertz CT molecular complexity index is 660. The summed E-state index contributed by atoms with van der Waals surface area (Å²) in [6.45, 7) is 3.57. The number of likely N-dealkylation sites (tertiary alicyclic amines) is 1. The minimum absolute atomic E-state index is 0.167. The normalized spacial score (nSPS) is 22.0. The van der Waals surface area contributed by atoms with Crippen LogP contribution in [-0.2, 0) is 9.53 Å². The summed E-state index contributed by atoms with van der Waals surface area (Å²) < 4.78 is 20.1. The second-order valence-corrected chi connectivity index (χ2v) is 7.67. The molecule has 0 atom stereocenters. The van der Waals surface area contributed by atoms with E-state index in [9.17, 15) is 9.59 Å². The number of nitrogens with zero attached hydrogens (tertiary/aromatic N) is 2. The van der Waals surface area contributed by atoms with Crippen molar-refractivity contribution in [3.63, 3.8) is 0 Å². The second kappa shape index (κ2) is 9.26. The minimum atomic E-state index is -1.79. The van der Waals surface area contributed by atoms with E-state index >= 15 is 4.39 Å². The van der Waals surface area contributed by atoms with E-state index in [1.807, 2.05) is 17.1 Å². The van der Waals surface area contributed by atoms with Gasteiger partial charge in [-0.3, -0.25) is 9.69 Å². The van der Waals surface area contributed by atoms with E-state index in [-0.39, 0.29) is 12.8 Å². The van der Waals surface area contributed by atoms with E-state index in [0.717, 1.165) is 18.5 Å². The van der Waals surface area contributed by atoms with Crippen molar-refractivity contribution in [2.45, 2.75) is 51.1 Å². The first-order chi connectivity index (χ1) is 13.5. The van der Waals surface area contributed by atoms with E-state index < -0.39 is 17.7 Å². The number of ether oxygens (including phenoxy) is 1. The Morgan fingerprint density at radius 3 is 2.64 bits per heavy atom. The van der Waals surface area contributed by atoms with Crippen LogP contribution in [-0.4, -0.2) is 53.7 Å². The highest BCUT2D eigenvalue weighted by Gasteiger charge is 2.42. The zero-order valence-corrected chi connectivity index (χ0v) is 16.5. The SMILES string of the molecule is CCOC(=O)N1C=CC=C(N2CCC(F)(C(=O)NCC3CCCC3)CC2)C=C1. The van der Waals surface area contributed by atoms with Crippen molar-refractivity contribution in [2.24, 2.45) is 5.92 Å². The molecule has 2 fully saturated rings. The van der Waals surface area contributed by atoms with Gasteiger partial charge in [0, 0.05) is 50.6 Å². The van der Waals surface area contributed by atoms with Crippen molar-refractivity contribution < 1.29 is 18.7 Å². The van der Waals surface area contributed by atoms with Crippen LogP contribution in [0.1, 0.15) is 45.4 Å². The maximum Gasteiger partial charge on any atom is 0.417 e. The highest BCUT2D eigenvalue weighted by Crippen LogP contribution is 2.30. The monoisotopic (exact) mass is 391 g/mol. The summed E-state index contributed by atoms with van der Waals surface area (Å²) in [5, 5.41) is 2.84. The van der Waals surface area contributed by atoms with Gasteiger partial charge >= 0.3 is 6.09 Å². The summed E-state index contributed by atoms with van der Waals surface area (Å²) in [4.78, 5) is 27.6. The summed E-state index contributed by atoms with van der Waals surface area (Å²) in [5.74, 6) is 0.0425. The molecule has 3 rings (SSSR count). The molecule has 1 saturated carbocycles. The zero-order valence-electron chi connectivity index (χ0n) is 16.5. The van der Waals surface area contributed by atoms with Crippen LogP contribution >= 0.6 is 0 Å². The van der Waals surface area contributed by atoms with Gasteiger partial charge in [0.05, 0.1) is 6.61 Å². The number of allylic oxidation sites excluding steroid dienone is 3. The first-order valence-electron chi connectivity index (χ1n) is 10.3. The molecule has 0 bridgehead atoms. The predicted octanol–water partition coefficient (Wildman–Crippen LogP) is 3.48. The molecule has 0 aromatic heterocycles. The molecule has 1 aliphatic carbocycles. The van der Waals surface area contributed by atoms with Crippen molar-refractivity contribution in [2.75, 3.05) is 26.2 Å². The Balaban J connectivity index is 1.51. The fraction of sp³-hybridized carbons (Fsp3) is 0.619. The van der Waals surface area contributed by atoms with Crippen LogP contribution in [0.4, 0.5) is 9.18 Å². The summed E-state index contributed by atoms with van der Waals surface area (Å²) in [7, 11) is 0. The van der Waals surface area contributed by atoms with E-state index in [1.54, 1.807) is 25.4 Å². The largest absolute Gasteiger partial charge is 0.449 e. The van der Waals surface area contributed by atoms with Crippen molar-refractivity contribution in [1.29, 1.82) is 0 Å². The van der Waals surface area contributed by atoms with E-state index in [4.69, 9.17) is 4.74 Å². The first-order valence-corrected chi connectivity index (χ1v) is 10.3. The number of nitrogens with one attached hydrogen (secondary N) is 1. The van der Waals surface area contributed by atoms with Gasteiger partial charge in [-0.2, -0.15) is 0 Å². The molecule has 1 saturated heterocycles. The van der Waals surface area contributed by atoms with Gasteiger partial charge in [-0.15, -0.1) is 0 Å². The molecule has 0 radical (unpaired) electrons.